The third-order valence-corrected chi connectivity index (χ3v) is 9.19. The Morgan fingerprint density at radius 1 is 1.00 bits per heavy atom. The average Bonchev–Trinajstić information content (AvgIpc) is 2.96. The molecule has 0 amide bonds. The number of rotatable bonds is 10. The van der Waals surface area contributed by atoms with Crippen molar-refractivity contribution >= 4 is 14.8 Å². The van der Waals surface area contributed by atoms with Crippen LogP contribution in [0.5, 0.6) is 0 Å². The standard InChI is InChI=1S/C25H28F3N2.C9H11NO.Hg/c1-5-11-19(6-2)23(7-3)29-18-30(4)24(20-12-9-8-10-13-20)21-14-16-22(17-15-21)25(26,27)28;1-7(11)6-8-2-4-9(10)5-3-8;/h6,8-10,12-17,24H,2,5,7,11H2,1,3-4H3;2-5H,6,10H2,1H3;/b23-19+,29-18?;;. The third kappa shape index (κ3) is 10.9. The van der Waals surface area contributed by atoms with Gasteiger partial charge in [0.05, 0.1) is 0 Å². The van der Waals surface area contributed by atoms with Crippen molar-refractivity contribution in [3.8, 4) is 0 Å². The number of benzene rings is 3. The summed E-state index contributed by atoms with van der Waals surface area (Å²) in [4.78, 5) is 17.7. The second-order valence-corrected chi connectivity index (χ2v) is 12.4. The molecule has 0 saturated heterocycles. The van der Waals surface area contributed by atoms with E-state index >= 15 is 0 Å². The molecule has 4 nitrogen and oxygen atoms in total. The van der Waals surface area contributed by atoms with Gasteiger partial charge in [-0.2, -0.15) is 0 Å². The minimum atomic E-state index is -4.35. The summed E-state index contributed by atoms with van der Waals surface area (Å²) in [5.74, 6) is 0.176. The van der Waals surface area contributed by atoms with Gasteiger partial charge in [0, 0.05) is 12.1 Å². The molecular weight excluding hydrogens is 724 g/mol. The summed E-state index contributed by atoms with van der Waals surface area (Å²) in [6, 6.07) is 22.4. The number of aliphatic imine (C=N–C) groups is 1. The predicted octanol–water partition coefficient (Wildman–Crippen LogP) is 8.68. The number of allylic oxidation sites excluding steroid dienone is 3. The third-order valence-electron chi connectivity index (χ3n) is 6.63. The van der Waals surface area contributed by atoms with Gasteiger partial charge in [0.25, 0.3) is 0 Å². The summed E-state index contributed by atoms with van der Waals surface area (Å²) in [7, 11) is 1.97. The molecule has 0 heterocycles. The average molecular weight is 763 g/mol. The summed E-state index contributed by atoms with van der Waals surface area (Å²) < 4.78 is 40.1. The van der Waals surface area contributed by atoms with Gasteiger partial charge >= 0.3 is 200 Å². The van der Waals surface area contributed by atoms with E-state index in [-0.39, 0.29) is 37.9 Å². The topological polar surface area (TPSA) is 58.7 Å². The number of alkyl halides is 3. The van der Waals surface area contributed by atoms with Crippen LogP contribution in [0.1, 0.15) is 68.3 Å². The summed E-state index contributed by atoms with van der Waals surface area (Å²) in [5, 5.41) is 0. The summed E-state index contributed by atoms with van der Waals surface area (Å²) >= 11 is 0.202. The monoisotopic (exact) mass is 764 g/mol. The maximum absolute atomic E-state index is 13.0. The van der Waals surface area contributed by atoms with E-state index in [0.717, 1.165) is 68.4 Å². The molecule has 3 aromatic carbocycles. The van der Waals surface area contributed by atoms with Crippen LogP contribution in [0.4, 0.5) is 18.9 Å². The van der Waals surface area contributed by atoms with Crippen molar-refractivity contribution in [2.45, 2.75) is 58.7 Å². The first-order chi connectivity index (χ1) is 19.9. The van der Waals surface area contributed by atoms with Crippen molar-refractivity contribution in [2.24, 2.45) is 4.99 Å². The molecule has 0 spiro atoms. The molecule has 0 aliphatic rings. The van der Waals surface area contributed by atoms with Gasteiger partial charge in [-0.05, 0) is 24.6 Å². The van der Waals surface area contributed by atoms with Gasteiger partial charge in [-0.25, -0.2) is 0 Å². The zero-order valence-electron chi connectivity index (χ0n) is 24.9. The zero-order valence-corrected chi connectivity index (χ0v) is 30.4. The van der Waals surface area contributed by atoms with E-state index in [0.29, 0.717) is 6.42 Å². The molecule has 1 atom stereocenters. The fourth-order valence-electron chi connectivity index (χ4n) is 4.45. The van der Waals surface area contributed by atoms with Gasteiger partial charge in [0.15, 0.2) is 0 Å². The Labute approximate surface area is 264 Å². The largest absolute Gasteiger partial charge is 0.399 e. The van der Waals surface area contributed by atoms with Gasteiger partial charge in [0.1, 0.15) is 5.78 Å². The summed E-state index contributed by atoms with van der Waals surface area (Å²) in [6.45, 7) is 9.74. The molecule has 0 aliphatic carbocycles. The molecule has 0 bridgehead atoms. The van der Waals surface area contributed by atoms with Crippen LogP contribution >= 0.6 is 0 Å². The first-order valence-electron chi connectivity index (χ1n) is 13.9. The number of nitrogens with two attached hydrogens (primary N) is 1. The molecule has 0 aliphatic heterocycles. The Bertz CT molecular complexity index is 1350. The first kappa shape index (κ1) is 35.0. The number of nitrogens with zero attached hydrogens (tertiary/aromatic N) is 2. The second-order valence-electron chi connectivity index (χ2n) is 9.97. The SMILES string of the molecule is C=C/C(CCC)=C(/CC)N=[C]([Hg])N(C)C(c1ccccc1)c1ccc(C(F)(F)F)cc1.CC(=O)Cc1ccc(N)cc1. The maximum atomic E-state index is 13.0. The van der Waals surface area contributed by atoms with E-state index in [9.17, 15) is 18.0 Å². The number of carbonyl (C=O) groups is 1. The van der Waals surface area contributed by atoms with Crippen molar-refractivity contribution in [3.63, 3.8) is 0 Å². The number of nitrogen functional groups attached to an aromatic ring is 1. The van der Waals surface area contributed by atoms with Crippen LogP contribution in [0.15, 0.2) is 108 Å². The second kappa shape index (κ2) is 17.0. The van der Waals surface area contributed by atoms with Crippen molar-refractivity contribution in [1.29, 1.82) is 0 Å². The van der Waals surface area contributed by atoms with Crippen molar-refractivity contribution in [1.82, 2.24) is 4.90 Å². The molecule has 0 radical (unpaired) electrons. The molecule has 2 N–H and O–H groups in total. The van der Waals surface area contributed by atoms with Gasteiger partial charge in [-0.15, -0.1) is 0 Å². The van der Waals surface area contributed by atoms with E-state index < -0.39 is 11.7 Å². The molecule has 0 aromatic heterocycles. The molecule has 3 aromatic rings. The Balaban J connectivity index is 0.000000468. The number of carbonyl (C=O) groups excluding carboxylic acids is 1. The van der Waals surface area contributed by atoms with Crippen molar-refractivity contribution < 1.29 is 44.1 Å². The number of amidine groups is 1. The smallest absolute Gasteiger partial charge is 0.134 e. The molecule has 3 rings (SSSR count). The molecule has 8 heteroatoms. The molecule has 1 unspecified atom stereocenters. The Morgan fingerprint density at radius 2 is 1.57 bits per heavy atom. The van der Waals surface area contributed by atoms with Crippen molar-refractivity contribution in [2.75, 3.05) is 12.8 Å². The van der Waals surface area contributed by atoms with Gasteiger partial charge < -0.3 is 5.73 Å². The minimum Gasteiger partial charge on any atom is -0.399 e. The minimum absolute atomic E-state index is 0.176. The molecular formula is C34H39F3HgN3O. The fraction of sp³-hybridized carbons (Fsp3) is 0.294. The number of hydrogen-bond acceptors (Lipinski definition) is 3. The van der Waals surface area contributed by atoms with E-state index in [4.69, 9.17) is 10.7 Å². The van der Waals surface area contributed by atoms with Gasteiger partial charge in [0.2, 0.25) is 0 Å². The molecule has 0 fully saturated rings. The molecule has 0 saturated carbocycles. The number of Topliss-reactive ketones (excluding diaryl/α,β-unsaturated/α-hetero) is 1. The summed E-state index contributed by atoms with van der Waals surface area (Å²) in [6.07, 6.45) is 0.808. The van der Waals surface area contributed by atoms with Crippen LogP contribution in [-0.4, -0.2) is 21.1 Å². The van der Waals surface area contributed by atoms with Crippen LogP contribution < -0.4 is 5.73 Å². The number of ketones is 1. The number of hydrogen-bond donors (Lipinski definition) is 1. The van der Waals surface area contributed by atoms with E-state index in [1.165, 1.54) is 0 Å². The van der Waals surface area contributed by atoms with E-state index in [1.807, 2.05) is 55.6 Å². The summed E-state index contributed by atoms with van der Waals surface area (Å²) in [5.41, 5.74) is 10.6. The zero-order chi connectivity index (χ0) is 31.3. The normalized spacial score (nSPS) is 12.9. The molecule has 219 valence electrons. The van der Waals surface area contributed by atoms with E-state index in [2.05, 4.69) is 25.3 Å². The number of halogens is 3. The van der Waals surface area contributed by atoms with Crippen LogP contribution in [0.3, 0.4) is 0 Å². The van der Waals surface area contributed by atoms with Crippen LogP contribution in [0.2, 0.25) is 0 Å². The van der Waals surface area contributed by atoms with Crippen LogP contribution in [-0.2, 0) is 43.5 Å². The Morgan fingerprint density at radius 3 is 2.05 bits per heavy atom. The van der Waals surface area contributed by atoms with Gasteiger partial charge in [-0.1, -0.05) is 12.1 Å². The maximum Gasteiger partial charge on any atom is 0.134 e. The van der Waals surface area contributed by atoms with Crippen LogP contribution in [0.25, 0.3) is 0 Å². The predicted molar refractivity (Wildman–Crippen MR) is 163 cm³/mol. The fourth-order valence-corrected chi connectivity index (χ4v) is 5.90. The quantitative estimate of drug-likeness (QED) is 0.0740. The number of anilines is 1. The Hall–Kier alpha value is -3.19. The molecule has 42 heavy (non-hydrogen) atoms. The van der Waals surface area contributed by atoms with E-state index in [1.54, 1.807) is 31.2 Å². The van der Waals surface area contributed by atoms with Crippen LogP contribution in [0, 0.1) is 0 Å². The van der Waals surface area contributed by atoms with Gasteiger partial charge in [-0.3, -0.25) is 4.79 Å². The Kier molecular flexibility index (Phi) is 14.2. The first-order valence-corrected chi connectivity index (χ1v) is 16.7. The van der Waals surface area contributed by atoms with Crippen molar-refractivity contribution in [3.05, 3.63) is 125 Å².